The Bertz CT molecular complexity index is 1820. The molecule has 5 heterocycles. The second-order valence-electron chi connectivity index (χ2n) is 12.9. The molecule has 1 saturated heterocycles. The van der Waals surface area contributed by atoms with Crippen LogP contribution in [0.1, 0.15) is 69.6 Å². The lowest BCUT2D eigenvalue weighted by Gasteiger charge is -2.37. The van der Waals surface area contributed by atoms with E-state index < -0.39 is 40.9 Å². The van der Waals surface area contributed by atoms with Crippen LogP contribution in [0.2, 0.25) is 5.02 Å². The van der Waals surface area contributed by atoms with Crippen molar-refractivity contribution in [3.63, 3.8) is 0 Å². The van der Waals surface area contributed by atoms with Crippen molar-refractivity contribution in [2.24, 2.45) is 0 Å². The van der Waals surface area contributed by atoms with E-state index in [-0.39, 0.29) is 28.8 Å². The van der Waals surface area contributed by atoms with Crippen LogP contribution in [0.4, 0.5) is 29.3 Å². The van der Waals surface area contributed by atoms with E-state index in [9.17, 15) is 27.6 Å². The third kappa shape index (κ3) is 6.42. The second-order valence-corrected chi connectivity index (χ2v) is 13.3. The van der Waals surface area contributed by atoms with Crippen molar-refractivity contribution in [2.45, 2.75) is 64.3 Å². The summed E-state index contributed by atoms with van der Waals surface area (Å²) in [5.74, 6) is -0.297. The van der Waals surface area contributed by atoms with E-state index in [1.54, 1.807) is 30.2 Å². The average molecular weight is 678 g/mol. The predicted octanol–water partition coefficient (Wildman–Crippen LogP) is 5.11. The zero-order chi connectivity index (χ0) is 33.8. The molecule has 1 fully saturated rings. The fraction of sp³-hybridized carbons (Fsp3) is 0.516. The van der Waals surface area contributed by atoms with E-state index in [1.165, 1.54) is 4.52 Å². The molecule has 6 rings (SSSR count). The van der Waals surface area contributed by atoms with Crippen molar-refractivity contribution in [3.8, 4) is 0 Å². The van der Waals surface area contributed by atoms with Crippen LogP contribution in [0.15, 0.2) is 29.1 Å². The maximum Gasteiger partial charge on any atom is 0.416 e. The third-order valence-electron chi connectivity index (χ3n) is 8.41. The molecule has 2 atom stereocenters. The summed E-state index contributed by atoms with van der Waals surface area (Å²) in [6, 6.07) is 1.84. The van der Waals surface area contributed by atoms with E-state index in [1.807, 2.05) is 17.9 Å². The van der Waals surface area contributed by atoms with Crippen LogP contribution >= 0.6 is 11.6 Å². The molecule has 0 radical (unpaired) electrons. The summed E-state index contributed by atoms with van der Waals surface area (Å²) in [5.41, 5.74) is -0.211. The van der Waals surface area contributed by atoms with Crippen LogP contribution in [0.25, 0.3) is 11.4 Å². The van der Waals surface area contributed by atoms with E-state index in [0.29, 0.717) is 63.0 Å². The number of hydrogen-bond donors (Lipinski definition) is 1. The largest absolute Gasteiger partial charge is 0.444 e. The molecule has 0 spiro atoms. The van der Waals surface area contributed by atoms with Crippen molar-refractivity contribution in [2.75, 3.05) is 49.6 Å². The molecular weight excluding hydrogens is 643 g/mol. The van der Waals surface area contributed by atoms with Gasteiger partial charge in [0.15, 0.2) is 5.82 Å². The van der Waals surface area contributed by atoms with Crippen molar-refractivity contribution >= 4 is 46.3 Å². The number of carbonyl (C=O) groups is 2. The SMILES string of the molecule is C[C@H]1C[C@@H](C(=O)Nc2ccc(C(F)(F)F)cc2Cl)n2c1c(N1CCN(C(=O)OC(C)(C)C)CC1)c(=O)n1nc(C3=CCOCC3)nc21. The molecule has 3 aromatic rings. The van der Waals surface area contributed by atoms with Gasteiger partial charge in [0.1, 0.15) is 17.3 Å². The molecule has 3 aliphatic rings. The molecule has 16 heteroatoms. The first-order valence-corrected chi connectivity index (χ1v) is 15.7. The smallest absolute Gasteiger partial charge is 0.416 e. The predicted molar refractivity (Wildman–Crippen MR) is 168 cm³/mol. The van der Waals surface area contributed by atoms with Crippen LogP contribution in [-0.2, 0) is 20.4 Å². The van der Waals surface area contributed by atoms with Gasteiger partial charge in [0, 0.05) is 32.1 Å². The Labute approximate surface area is 273 Å². The number of halogens is 4. The molecule has 0 saturated carbocycles. The Morgan fingerprint density at radius 3 is 2.47 bits per heavy atom. The van der Waals surface area contributed by atoms with E-state index in [4.69, 9.17) is 26.1 Å². The number of piperazine rings is 1. The molecule has 3 aliphatic heterocycles. The fourth-order valence-corrected chi connectivity index (χ4v) is 6.42. The minimum atomic E-state index is -4.59. The van der Waals surface area contributed by atoms with Gasteiger partial charge < -0.3 is 24.6 Å². The zero-order valence-electron chi connectivity index (χ0n) is 26.4. The fourth-order valence-electron chi connectivity index (χ4n) is 6.19. The quantitative estimate of drug-likeness (QED) is 0.404. The molecule has 2 aromatic heterocycles. The van der Waals surface area contributed by atoms with Gasteiger partial charge in [-0.25, -0.2) is 4.79 Å². The summed E-state index contributed by atoms with van der Waals surface area (Å²) >= 11 is 6.17. The standard InChI is InChI=1S/C31H35ClF3N7O5/c1-17-15-22(26(43)36-21-6-5-19(16-20(21)32)31(33,34)35)41-23(17)24(39-9-11-40(12-10-39)29(45)47-30(2,3)4)27(44)42-28(41)37-25(38-42)18-7-13-46-14-8-18/h5-7,16-17,22H,8-15H2,1-4H3,(H,36,43)/t17-,22-/m0/s1. The molecule has 0 aliphatic carbocycles. The van der Waals surface area contributed by atoms with Crippen LogP contribution < -0.4 is 15.8 Å². The number of ether oxygens (including phenoxy) is 2. The zero-order valence-corrected chi connectivity index (χ0v) is 27.1. The maximum atomic E-state index is 14.2. The number of benzene rings is 1. The molecule has 0 bridgehead atoms. The molecule has 2 amide bonds. The highest BCUT2D eigenvalue weighted by molar-refractivity contribution is 6.33. The normalized spacial score (nSPS) is 20.3. The van der Waals surface area contributed by atoms with Gasteiger partial charge in [-0.15, -0.1) is 5.10 Å². The Morgan fingerprint density at radius 2 is 1.85 bits per heavy atom. The molecule has 1 N–H and O–H groups in total. The summed E-state index contributed by atoms with van der Waals surface area (Å²) in [7, 11) is 0. The second kappa shape index (κ2) is 12.2. The van der Waals surface area contributed by atoms with E-state index in [0.717, 1.165) is 23.8 Å². The average Bonchev–Trinajstić information content (AvgIpc) is 3.60. The van der Waals surface area contributed by atoms with Crippen LogP contribution in [-0.4, -0.2) is 81.1 Å². The number of nitrogens with one attached hydrogen (secondary N) is 1. The third-order valence-corrected chi connectivity index (χ3v) is 8.73. The number of rotatable bonds is 4. The molecule has 252 valence electrons. The van der Waals surface area contributed by atoms with Crippen molar-refractivity contribution in [1.29, 1.82) is 0 Å². The minimum Gasteiger partial charge on any atom is -0.444 e. The summed E-state index contributed by atoms with van der Waals surface area (Å²) in [4.78, 5) is 49.0. The first-order chi connectivity index (χ1) is 22.1. The van der Waals surface area contributed by atoms with Crippen molar-refractivity contribution in [3.05, 3.63) is 56.7 Å². The first kappa shape index (κ1) is 32.8. The topological polar surface area (TPSA) is 123 Å². The number of aromatic nitrogens is 4. The number of nitrogens with zero attached hydrogens (tertiary/aromatic N) is 6. The molecule has 12 nitrogen and oxygen atoms in total. The minimum absolute atomic E-state index is 0.0239. The van der Waals surface area contributed by atoms with Crippen LogP contribution in [0.5, 0.6) is 0 Å². The highest BCUT2D eigenvalue weighted by Crippen LogP contribution is 2.42. The van der Waals surface area contributed by atoms with Gasteiger partial charge in [-0.1, -0.05) is 24.6 Å². The van der Waals surface area contributed by atoms with Crippen LogP contribution in [0, 0.1) is 0 Å². The van der Waals surface area contributed by atoms with Crippen molar-refractivity contribution in [1.82, 2.24) is 24.1 Å². The molecule has 1 aromatic carbocycles. The number of fused-ring (bicyclic) bond motifs is 3. The van der Waals surface area contributed by atoms with Gasteiger partial charge in [-0.05, 0) is 57.4 Å². The Balaban J connectivity index is 1.39. The number of carbonyl (C=O) groups excluding carboxylic acids is 2. The van der Waals surface area contributed by atoms with Gasteiger partial charge in [0.05, 0.1) is 35.2 Å². The lowest BCUT2D eigenvalue weighted by atomic mass is 10.0. The van der Waals surface area contributed by atoms with Gasteiger partial charge >= 0.3 is 12.3 Å². The maximum absolute atomic E-state index is 14.2. The Hall–Kier alpha value is -4.11. The first-order valence-electron chi connectivity index (χ1n) is 15.3. The highest BCUT2D eigenvalue weighted by atomic mass is 35.5. The van der Waals surface area contributed by atoms with Crippen molar-refractivity contribution < 1.29 is 32.2 Å². The van der Waals surface area contributed by atoms with E-state index >= 15 is 0 Å². The lowest BCUT2D eigenvalue weighted by molar-refractivity contribution is -0.137. The molecule has 47 heavy (non-hydrogen) atoms. The van der Waals surface area contributed by atoms with Gasteiger partial charge in [0.25, 0.3) is 5.56 Å². The van der Waals surface area contributed by atoms with Gasteiger partial charge in [0.2, 0.25) is 11.7 Å². The summed E-state index contributed by atoms with van der Waals surface area (Å²) < 4.78 is 53.5. The molecule has 0 unspecified atom stereocenters. The highest BCUT2D eigenvalue weighted by Gasteiger charge is 2.41. The van der Waals surface area contributed by atoms with Crippen LogP contribution in [0.3, 0.4) is 0 Å². The van der Waals surface area contributed by atoms with E-state index in [2.05, 4.69) is 10.4 Å². The summed E-state index contributed by atoms with van der Waals surface area (Å²) in [6.45, 7) is 9.43. The summed E-state index contributed by atoms with van der Waals surface area (Å²) in [5, 5.41) is 7.00. The number of anilines is 2. The monoisotopic (exact) mass is 677 g/mol. The Kier molecular flexibility index (Phi) is 8.49. The lowest BCUT2D eigenvalue weighted by Crippen LogP contribution is -2.51. The van der Waals surface area contributed by atoms with Gasteiger partial charge in [-0.3, -0.25) is 14.2 Å². The summed E-state index contributed by atoms with van der Waals surface area (Å²) in [6.07, 6.45) is -2.35. The van der Waals surface area contributed by atoms with Gasteiger partial charge in [-0.2, -0.15) is 22.7 Å². The molecular formula is C31H35ClF3N7O5. The number of amides is 2. The Morgan fingerprint density at radius 1 is 1.13 bits per heavy atom. The number of hydrogen-bond acceptors (Lipinski definition) is 8. The number of alkyl halides is 3.